The van der Waals surface area contributed by atoms with Crippen LogP contribution in [-0.4, -0.2) is 76.9 Å². The third-order valence-corrected chi connectivity index (χ3v) is 8.78. The van der Waals surface area contributed by atoms with Gasteiger partial charge in [-0.05, 0) is 38.1 Å². The van der Waals surface area contributed by atoms with E-state index in [0.717, 1.165) is 33.4 Å². The lowest BCUT2D eigenvalue weighted by Gasteiger charge is -2.48. The normalized spacial score (nSPS) is 16.8. The lowest BCUT2D eigenvalue weighted by molar-refractivity contribution is 0.341. The van der Waals surface area contributed by atoms with Crippen molar-refractivity contribution >= 4 is 26.4 Å². The van der Waals surface area contributed by atoms with Crippen molar-refractivity contribution in [1.82, 2.24) is 29.7 Å². The Morgan fingerprint density at radius 1 is 1.00 bits per heavy atom. The molecule has 5 aromatic heterocycles. The fraction of sp³-hybridized carbons (Fsp3) is 0.300. The van der Waals surface area contributed by atoms with Crippen LogP contribution in [-0.2, 0) is 9.84 Å². The quantitative estimate of drug-likeness (QED) is 0.262. The Bertz CT molecular complexity index is 1890. The molecule has 0 radical (unpaired) electrons. The summed E-state index contributed by atoms with van der Waals surface area (Å²) in [7, 11) is 0.120. The predicted octanol–water partition coefficient (Wildman–Crippen LogP) is 4.13. The van der Waals surface area contributed by atoms with Gasteiger partial charge in [-0.15, -0.1) is 0 Å². The van der Waals surface area contributed by atoms with Gasteiger partial charge in [0.2, 0.25) is 5.88 Å². The van der Waals surface area contributed by atoms with Gasteiger partial charge in [-0.3, -0.25) is 9.97 Å². The maximum atomic E-state index is 12.0. The van der Waals surface area contributed by atoms with Gasteiger partial charge in [0, 0.05) is 77.8 Å². The highest BCUT2D eigenvalue weighted by Gasteiger charge is 2.38. The molecule has 2 atom stereocenters. The molecule has 6 heterocycles. The molecule has 1 aliphatic heterocycles. The number of sulfone groups is 1. The molecule has 6 rings (SSSR count). The summed E-state index contributed by atoms with van der Waals surface area (Å²) in [6.07, 6.45) is 8.22. The number of fused-ring (bicyclic) bond motifs is 1. The second-order valence-corrected chi connectivity index (χ2v) is 12.7. The molecule has 12 heteroatoms. The van der Waals surface area contributed by atoms with Crippen molar-refractivity contribution in [2.75, 3.05) is 37.7 Å². The lowest BCUT2D eigenvalue weighted by Crippen LogP contribution is -2.57. The summed E-state index contributed by atoms with van der Waals surface area (Å²) in [4.78, 5) is 20.7. The molecule has 0 amide bonds. The van der Waals surface area contributed by atoms with E-state index in [0.29, 0.717) is 35.4 Å². The third kappa shape index (κ3) is 5.13. The molecular formula is C30H31N7O4S. The molecule has 42 heavy (non-hydrogen) atoms. The zero-order valence-corrected chi connectivity index (χ0v) is 24.8. The minimum Gasteiger partial charge on any atom is -0.496 e. The van der Waals surface area contributed by atoms with Crippen LogP contribution in [0, 0.1) is 12.8 Å². The molecule has 0 unspecified atom stereocenters. The number of hydrogen-bond donors (Lipinski definition) is 0. The molecule has 11 nitrogen and oxygen atoms in total. The van der Waals surface area contributed by atoms with E-state index in [1.165, 1.54) is 6.26 Å². The summed E-state index contributed by atoms with van der Waals surface area (Å²) in [6, 6.07) is 11.5. The maximum absolute atomic E-state index is 12.0. The average molecular weight is 586 g/mol. The molecular weight excluding hydrogens is 554 g/mol. The second kappa shape index (κ2) is 10.7. The first-order chi connectivity index (χ1) is 20.1. The minimum absolute atomic E-state index is 0.0438. The van der Waals surface area contributed by atoms with Crippen LogP contribution in [0.1, 0.15) is 12.6 Å². The molecule has 0 spiro atoms. The number of aromatic nitrogens is 6. The number of aryl methyl sites for hydroxylation is 1. The van der Waals surface area contributed by atoms with Crippen LogP contribution in [0.2, 0.25) is 0 Å². The summed E-state index contributed by atoms with van der Waals surface area (Å²) >= 11 is 0. The van der Waals surface area contributed by atoms with E-state index in [4.69, 9.17) is 24.5 Å². The average Bonchev–Trinajstić information content (AvgIpc) is 3.43. The van der Waals surface area contributed by atoms with Crippen LogP contribution in [0.4, 0.5) is 5.69 Å². The van der Waals surface area contributed by atoms with Crippen molar-refractivity contribution < 1.29 is 17.9 Å². The smallest absolute Gasteiger partial charge is 0.212 e. The van der Waals surface area contributed by atoms with Gasteiger partial charge in [-0.2, -0.15) is 5.10 Å². The third-order valence-electron chi connectivity index (χ3n) is 7.74. The number of hydrogen-bond acceptors (Lipinski definition) is 10. The van der Waals surface area contributed by atoms with Gasteiger partial charge < -0.3 is 14.4 Å². The van der Waals surface area contributed by atoms with Gasteiger partial charge in [0.25, 0.3) is 0 Å². The summed E-state index contributed by atoms with van der Waals surface area (Å²) in [5.74, 6) is 2.01. The number of rotatable bonds is 8. The molecule has 0 bridgehead atoms. The van der Waals surface area contributed by atoms with Crippen molar-refractivity contribution in [2.45, 2.75) is 19.9 Å². The fourth-order valence-corrected chi connectivity index (χ4v) is 6.60. The summed E-state index contributed by atoms with van der Waals surface area (Å²) in [5, 5.41) is 5.62. The maximum Gasteiger partial charge on any atom is 0.212 e. The molecule has 0 aliphatic carbocycles. The summed E-state index contributed by atoms with van der Waals surface area (Å²) < 4.78 is 36.6. The molecule has 1 aliphatic rings. The number of methoxy groups -OCH3 is 2. The van der Waals surface area contributed by atoms with Crippen molar-refractivity contribution in [2.24, 2.45) is 5.92 Å². The van der Waals surface area contributed by atoms with Crippen LogP contribution in [0.5, 0.6) is 11.6 Å². The first kappa shape index (κ1) is 27.6. The molecule has 0 aromatic carbocycles. The van der Waals surface area contributed by atoms with E-state index in [1.807, 2.05) is 31.2 Å². The first-order valence-electron chi connectivity index (χ1n) is 13.5. The van der Waals surface area contributed by atoms with Crippen molar-refractivity contribution in [3.8, 4) is 40.0 Å². The van der Waals surface area contributed by atoms with E-state index in [-0.39, 0.29) is 17.7 Å². The van der Waals surface area contributed by atoms with Gasteiger partial charge in [0.15, 0.2) is 5.82 Å². The fourth-order valence-electron chi connectivity index (χ4n) is 5.44. The highest BCUT2D eigenvalue weighted by Crippen LogP contribution is 2.36. The second-order valence-electron chi connectivity index (χ2n) is 10.6. The predicted molar refractivity (Wildman–Crippen MR) is 161 cm³/mol. The van der Waals surface area contributed by atoms with Gasteiger partial charge in [0.05, 0.1) is 48.6 Å². The highest BCUT2D eigenvalue weighted by molar-refractivity contribution is 7.90. The monoisotopic (exact) mass is 585 g/mol. The van der Waals surface area contributed by atoms with E-state index in [9.17, 15) is 8.42 Å². The van der Waals surface area contributed by atoms with Crippen LogP contribution < -0.4 is 14.4 Å². The zero-order chi connectivity index (χ0) is 29.6. The number of ether oxygens (including phenoxy) is 2. The van der Waals surface area contributed by atoms with Crippen LogP contribution in [0.25, 0.3) is 39.2 Å². The first-order valence-corrected chi connectivity index (χ1v) is 15.5. The summed E-state index contributed by atoms with van der Waals surface area (Å²) in [5.41, 5.74) is 5.58. The SMILES string of the molecule is COc1ccc(-c2cc(N3C[C@H](CS(C)(=O)=O)[C@H]3C)cc(-n3ncc4c(C)nc(-c5cnccc5OC)cc43)n2)cn1. The Balaban J connectivity index is 1.48. The van der Waals surface area contributed by atoms with E-state index in [1.54, 1.807) is 55.8 Å². The Morgan fingerprint density at radius 2 is 1.83 bits per heavy atom. The molecule has 0 N–H and O–H groups in total. The molecule has 0 saturated carbocycles. The van der Waals surface area contributed by atoms with E-state index >= 15 is 0 Å². The van der Waals surface area contributed by atoms with Gasteiger partial charge in [0.1, 0.15) is 15.6 Å². The number of pyridine rings is 4. The van der Waals surface area contributed by atoms with Crippen molar-refractivity contribution in [1.29, 1.82) is 0 Å². The lowest BCUT2D eigenvalue weighted by atomic mass is 9.91. The van der Waals surface area contributed by atoms with Crippen LogP contribution in [0.15, 0.2) is 61.2 Å². The van der Waals surface area contributed by atoms with Crippen molar-refractivity contribution in [3.05, 3.63) is 66.9 Å². The van der Waals surface area contributed by atoms with Crippen molar-refractivity contribution in [3.63, 3.8) is 0 Å². The Morgan fingerprint density at radius 3 is 2.52 bits per heavy atom. The van der Waals surface area contributed by atoms with Gasteiger partial charge >= 0.3 is 0 Å². The summed E-state index contributed by atoms with van der Waals surface area (Å²) in [6.45, 7) is 4.63. The Kier molecular flexibility index (Phi) is 7.01. The molecule has 216 valence electrons. The van der Waals surface area contributed by atoms with Gasteiger partial charge in [-0.25, -0.2) is 23.1 Å². The van der Waals surface area contributed by atoms with E-state index in [2.05, 4.69) is 21.8 Å². The zero-order valence-electron chi connectivity index (χ0n) is 24.0. The topological polar surface area (TPSA) is 125 Å². The van der Waals surface area contributed by atoms with Gasteiger partial charge in [-0.1, -0.05) is 0 Å². The molecule has 1 saturated heterocycles. The Hall–Kier alpha value is -4.58. The van der Waals surface area contributed by atoms with Crippen LogP contribution >= 0.6 is 0 Å². The Labute approximate surface area is 244 Å². The standard InChI is InChI=1S/C30H31N7O4S/c1-18-23-15-33-37(27(23)12-26(34-18)24-14-31-9-8-28(24)40-3)29-11-22(36-16-21(19(36)2)17-42(5,38)39)10-25(35-29)20-6-7-30(41-4)32-13-20/h6-15,19,21H,16-17H2,1-5H3/t19-,21-/m1/s1. The number of anilines is 1. The minimum atomic E-state index is -3.08. The van der Waals surface area contributed by atoms with Crippen LogP contribution in [0.3, 0.4) is 0 Å². The largest absolute Gasteiger partial charge is 0.496 e. The number of nitrogens with zero attached hydrogens (tertiary/aromatic N) is 7. The highest BCUT2D eigenvalue weighted by atomic mass is 32.2. The van der Waals surface area contributed by atoms with E-state index < -0.39 is 9.84 Å². The molecule has 5 aromatic rings. The molecule has 1 fully saturated rings.